The molecule has 2 unspecified atom stereocenters. The molecule has 2 N–H and O–H groups in total. The number of aromatic nitrogens is 10. The van der Waals surface area contributed by atoms with Crippen molar-refractivity contribution in [2.45, 2.75) is 223 Å². The summed E-state index contributed by atoms with van der Waals surface area (Å²) in [6, 6.07) is 25.6. The summed E-state index contributed by atoms with van der Waals surface area (Å²) in [5.74, 6) is 3.55. The van der Waals surface area contributed by atoms with Gasteiger partial charge in [-0.25, -0.2) is 80.2 Å². The van der Waals surface area contributed by atoms with Gasteiger partial charge in [-0.1, -0.05) is 6.92 Å². The molecule has 11 aliphatic heterocycles. The second-order valence-corrected chi connectivity index (χ2v) is 44.6. The number of fused-ring (bicyclic) bond motifs is 7. The number of ether oxygens (including phenoxy) is 6. The van der Waals surface area contributed by atoms with Crippen LogP contribution in [0.2, 0.25) is 0 Å². The Labute approximate surface area is 855 Å². The average molecular weight is 2040 g/mol. The van der Waals surface area contributed by atoms with Crippen molar-refractivity contribution in [3.05, 3.63) is 236 Å². The normalized spacial score (nSPS) is 22.7. The molecular formula is C108H120F5N23O11S. The van der Waals surface area contributed by atoms with E-state index in [-0.39, 0.29) is 92.8 Å². The molecule has 16 heterocycles. The van der Waals surface area contributed by atoms with Crippen LogP contribution in [-0.2, 0) is 52.3 Å². The van der Waals surface area contributed by atoms with Crippen molar-refractivity contribution in [3.8, 4) is 28.7 Å². The van der Waals surface area contributed by atoms with Crippen LogP contribution in [0.1, 0.15) is 216 Å². The summed E-state index contributed by atoms with van der Waals surface area (Å²) in [7, 11) is -1.39. The molecule has 774 valence electrons. The van der Waals surface area contributed by atoms with E-state index in [2.05, 4.69) is 96.4 Å². The Balaban J connectivity index is 0.000000105. The first-order chi connectivity index (χ1) is 71.1. The monoisotopic (exact) mass is 2040 g/mol. The largest absolute Gasteiger partial charge is 0.484 e. The van der Waals surface area contributed by atoms with Crippen molar-refractivity contribution in [3.63, 3.8) is 0 Å². The number of β-amino-alcohol motifs (C(OH)–C–C–N with tert-alkyl or cyclic N) is 1. The fourth-order valence-electron chi connectivity index (χ4n) is 20.2. The first-order valence-electron chi connectivity index (χ1n) is 51.2. The van der Waals surface area contributed by atoms with E-state index in [9.17, 15) is 45.4 Å². The third-order valence-electron chi connectivity index (χ3n) is 30.6. The molecule has 5 atom stereocenters. The smallest absolute Gasteiger partial charge is 0.241 e. The van der Waals surface area contributed by atoms with Crippen LogP contribution in [-0.4, -0.2) is 287 Å². The van der Waals surface area contributed by atoms with Gasteiger partial charge in [0.2, 0.25) is 15.9 Å². The fourth-order valence-corrected chi connectivity index (χ4v) is 21.0. The molecule has 11 fully saturated rings. The predicted molar refractivity (Wildman–Crippen MR) is 547 cm³/mol. The molecule has 5 aliphatic carbocycles. The number of aliphatic hydroxyl groups excluding tert-OH is 2. The van der Waals surface area contributed by atoms with Crippen LogP contribution in [0.4, 0.5) is 51.0 Å². The van der Waals surface area contributed by atoms with Crippen LogP contribution in [0.15, 0.2) is 148 Å². The van der Waals surface area contributed by atoms with Gasteiger partial charge in [0, 0.05) is 150 Å². The van der Waals surface area contributed by atoms with Crippen LogP contribution < -0.4 is 48.2 Å². The number of carbonyl (C=O) groups is 1. The Morgan fingerprint density at radius 1 is 0.385 bits per heavy atom. The summed E-state index contributed by atoms with van der Waals surface area (Å²) in [4.78, 5) is 93.9. The maximum Gasteiger partial charge on any atom is 0.241 e. The summed E-state index contributed by atoms with van der Waals surface area (Å²) in [6.45, 7) is 26.9. The zero-order valence-electron chi connectivity index (χ0n) is 84.4. The summed E-state index contributed by atoms with van der Waals surface area (Å²) >= 11 is 0. The van der Waals surface area contributed by atoms with Crippen molar-refractivity contribution < 1.29 is 73.8 Å². The van der Waals surface area contributed by atoms with E-state index in [1.54, 1.807) is 73.1 Å². The lowest BCUT2D eigenvalue weighted by atomic mass is 10.0. The first-order valence-corrected chi connectivity index (χ1v) is 53.1. The van der Waals surface area contributed by atoms with Gasteiger partial charge in [-0.05, 0) is 220 Å². The maximum atomic E-state index is 14.5. The highest BCUT2D eigenvalue weighted by Crippen LogP contribution is 2.48. The van der Waals surface area contributed by atoms with Crippen molar-refractivity contribution in [2.75, 3.05) is 136 Å². The summed E-state index contributed by atoms with van der Waals surface area (Å²) < 4.78 is 133. The van der Waals surface area contributed by atoms with Crippen molar-refractivity contribution >= 4 is 73.6 Å². The Kier molecular flexibility index (Phi) is 26.6. The molecule has 26 rings (SSSR count). The van der Waals surface area contributed by atoms with E-state index in [0.717, 1.165) is 219 Å². The SMILES string of the molecule is CC1(Oc2cc3c(cc2F)CN=C3c2cc(N3CC4CCC(C3)O4)ncn2)CC1.CC1(Oc2cc3c(cc2F)CN=C3c2cc(N3CCN(S(C)(=O)=O)CC3)ncn2)CC1.CCCN1CCN(c2cc(C3=NCc4cc(F)c(OC5(C)CC5)cc43)ncn2)CC1.CN1CCN(c2cc(C3=NCc4cc(F)c(OC5(C)CC5)cc43)ncn2)CC1=O.C[C@H]1[C@H](O)[C@@H](O)CN1c1cc(C2=NCc3cc(F)c(OC4(C)CC4)cc32)ncn1. The lowest BCUT2D eigenvalue weighted by Crippen LogP contribution is -2.48. The Morgan fingerprint density at radius 3 is 0.966 bits per heavy atom. The number of nitrogens with zero attached hydrogens (tertiary/aromatic N) is 23. The Hall–Kier alpha value is -13.3. The molecule has 148 heavy (non-hydrogen) atoms. The summed E-state index contributed by atoms with van der Waals surface area (Å²) in [5.41, 5.74) is 14.3. The molecule has 6 saturated heterocycles. The molecular weight excluding hydrogens is 1920 g/mol. The van der Waals surface area contributed by atoms with Crippen molar-refractivity contribution in [1.29, 1.82) is 0 Å². The van der Waals surface area contributed by atoms with Crippen LogP contribution in [0, 0.1) is 29.1 Å². The fraction of sp³-hybridized carbons (Fsp3) is 0.481. The van der Waals surface area contributed by atoms with Gasteiger partial charge in [0.05, 0.1) is 127 Å². The number of sulfonamides is 1. The van der Waals surface area contributed by atoms with Crippen LogP contribution in [0.5, 0.6) is 28.7 Å². The van der Waals surface area contributed by atoms with E-state index >= 15 is 0 Å². The van der Waals surface area contributed by atoms with E-state index in [0.29, 0.717) is 148 Å². The number of likely N-dealkylation sites (N-methyl/N-ethyl adjacent to an activating group) is 1. The highest BCUT2D eigenvalue weighted by atomic mass is 32.2. The van der Waals surface area contributed by atoms with Gasteiger partial charge in [0.15, 0.2) is 57.8 Å². The van der Waals surface area contributed by atoms with E-state index in [1.165, 1.54) is 54.2 Å². The summed E-state index contributed by atoms with van der Waals surface area (Å²) in [6.07, 6.45) is 20.6. The van der Waals surface area contributed by atoms with E-state index in [4.69, 9.17) is 28.4 Å². The van der Waals surface area contributed by atoms with Gasteiger partial charge >= 0.3 is 0 Å². The van der Waals surface area contributed by atoms with Gasteiger partial charge in [-0.15, -0.1) is 0 Å². The molecule has 40 heteroatoms. The minimum absolute atomic E-state index is 0.0609. The number of aliphatic imine (C=N–C) groups is 5. The zero-order valence-corrected chi connectivity index (χ0v) is 85.2. The lowest BCUT2D eigenvalue weighted by Gasteiger charge is -2.35. The van der Waals surface area contributed by atoms with Crippen LogP contribution in [0.25, 0.3) is 0 Å². The van der Waals surface area contributed by atoms with Crippen molar-refractivity contribution in [2.24, 2.45) is 25.0 Å². The van der Waals surface area contributed by atoms with Crippen LogP contribution in [0.3, 0.4) is 0 Å². The molecule has 5 aromatic heterocycles. The predicted octanol–water partition coefficient (Wildman–Crippen LogP) is 12.7. The number of morpholine rings is 1. The molecule has 1 amide bonds. The number of hydrogen-bond donors (Lipinski definition) is 2. The van der Waals surface area contributed by atoms with E-state index in [1.807, 2.05) is 80.5 Å². The number of halogens is 5. The maximum absolute atomic E-state index is 14.5. The topological polar surface area (TPSA) is 364 Å². The van der Waals surface area contributed by atoms with Gasteiger partial charge in [-0.2, -0.15) is 4.31 Å². The number of carbonyl (C=O) groups excluding carboxylic acids is 1. The Morgan fingerprint density at radius 2 is 0.676 bits per heavy atom. The number of aliphatic hydroxyl groups is 2. The molecule has 10 aromatic rings. The standard InChI is InChI=1S/C23H28FN5O.C22H23FN4O2.C21H24FN5O3S.C21H22FN5O2.C21H23FN4O3/c1-3-6-28-7-9-29(10-8-28)21-13-19(26-15-27-21)22-17-12-20(30-23(2)4-5-23)18(24)11-16(17)14-25-22;1-22(4-5-22)29-19-7-16-13(6-17(19)23)9-24-21(16)18-8-20(26-12-25-18)27-10-14-2-3-15(11-27)28-14;1-21(3-4-21)30-18-10-15-14(9-16(18)22)12-23-20(15)17-11-19(25-13-24-17)26-5-7-27(8-6-26)31(2,28)29;1-21(3-4-21)29-17-8-14-13(7-15(17)22)10-23-20(14)16-9-18(25-12-24-16)27-6-5-26(2)19(28)11-27;1-11-20(28)16(27)9-26(11)18-7-15(24-10-25-18)19-13-6-17(29-21(2)3-4-21)14(22)5-12(13)8-23-19/h11-13,15H,3-10,14H2,1-2H3;6-8,12,14-15H,2-5,9-11H2,1H3;9-11,13H,3-8,12H2,1-2H3;7-9,12H,3-6,10-11H2,1-2H3;5-7,10-11,16,20,27-28H,3-4,8-9H2,1-2H3/t;;;;11-,16-,20-/m....0/s1. The number of anilines is 5. The second kappa shape index (κ2) is 39.7. The number of rotatable bonds is 23. The minimum Gasteiger partial charge on any atom is -0.484 e. The lowest BCUT2D eigenvalue weighted by molar-refractivity contribution is -0.129. The van der Waals surface area contributed by atoms with Crippen molar-refractivity contribution in [1.82, 2.24) is 63.9 Å². The average Bonchev–Trinajstić information content (AvgIpc) is 1.63. The molecule has 0 radical (unpaired) electrons. The number of amides is 1. The molecule has 5 aromatic carbocycles. The molecule has 34 nitrogen and oxygen atoms in total. The number of piperazine rings is 3. The third kappa shape index (κ3) is 21.6. The highest BCUT2D eigenvalue weighted by Gasteiger charge is 2.47. The summed E-state index contributed by atoms with van der Waals surface area (Å²) in [5, 5.41) is 20.0. The minimum atomic E-state index is -3.19. The van der Waals surface area contributed by atoms with Gasteiger partial charge in [-0.3, -0.25) is 34.7 Å². The molecule has 0 spiro atoms. The quantitative estimate of drug-likeness (QED) is 0.0562. The first kappa shape index (κ1) is 99.3. The third-order valence-corrected chi connectivity index (χ3v) is 31.9. The molecule has 16 aliphatic rings. The van der Waals surface area contributed by atoms with Gasteiger partial charge in [0.25, 0.3) is 0 Å². The molecule has 2 bridgehead atoms. The van der Waals surface area contributed by atoms with Crippen LogP contribution >= 0.6 is 0 Å². The number of hydrogen-bond acceptors (Lipinski definition) is 32. The van der Waals surface area contributed by atoms with Gasteiger partial charge < -0.3 is 68.0 Å². The second-order valence-electron chi connectivity index (χ2n) is 42.6. The number of benzene rings is 5. The zero-order chi connectivity index (χ0) is 103. The Bertz CT molecular complexity index is 7140. The molecule has 5 saturated carbocycles. The highest BCUT2D eigenvalue weighted by molar-refractivity contribution is 7.88. The van der Waals surface area contributed by atoms with E-state index < -0.39 is 22.2 Å². The van der Waals surface area contributed by atoms with Gasteiger partial charge in [0.1, 0.15) is 94.8 Å².